The molecule has 0 aliphatic carbocycles. The summed E-state index contributed by atoms with van der Waals surface area (Å²) in [6.45, 7) is 0. The number of benzene rings is 2. The van der Waals surface area contributed by atoms with Gasteiger partial charge in [0.25, 0.3) is 5.91 Å². The normalized spacial score (nSPS) is 10.3. The SMILES string of the molecule is Nc1c(Cl)cccc1C(=O)Nc1c(F)cccc1Br. The van der Waals surface area contributed by atoms with Crippen LogP contribution in [-0.4, -0.2) is 5.91 Å². The molecule has 0 heterocycles. The number of nitrogens with two attached hydrogens (primary N) is 1. The fourth-order valence-electron chi connectivity index (χ4n) is 1.53. The molecule has 3 nitrogen and oxygen atoms in total. The largest absolute Gasteiger partial charge is 0.397 e. The standard InChI is InChI=1S/C13H9BrClFN2O/c14-8-4-2-6-10(16)12(8)18-13(19)7-3-1-5-9(15)11(7)17/h1-6H,17H2,(H,18,19). The van der Waals surface area contributed by atoms with Crippen molar-refractivity contribution < 1.29 is 9.18 Å². The minimum absolute atomic E-state index is 0.0619. The van der Waals surface area contributed by atoms with Crippen molar-refractivity contribution in [2.45, 2.75) is 0 Å². The van der Waals surface area contributed by atoms with Gasteiger partial charge in [0.05, 0.1) is 22.0 Å². The molecule has 0 aliphatic heterocycles. The van der Waals surface area contributed by atoms with Gasteiger partial charge in [-0.1, -0.05) is 23.7 Å². The van der Waals surface area contributed by atoms with E-state index in [2.05, 4.69) is 21.2 Å². The van der Waals surface area contributed by atoms with Crippen molar-refractivity contribution >= 4 is 44.8 Å². The molecule has 2 aromatic rings. The summed E-state index contributed by atoms with van der Waals surface area (Å²) < 4.78 is 14.1. The lowest BCUT2D eigenvalue weighted by Gasteiger charge is -2.10. The molecule has 0 aromatic heterocycles. The summed E-state index contributed by atoms with van der Waals surface area (Å²) in [7, 11) is 0. The highest BCUT2D eigenvalue weighted by molar-refractivity contribution is 9.10. The maximum absolute atomic E-state index is 13.6. The number of anilines is 2. The lowest BCUT2D eigenvalue weighted by atomic mass is 10.1. The van der Waals surface area contributed by atoms with Crippen molar-refractivity contribution in [3.05, 3.63) is 57.3 Å². The molecule has 0 saturated carbocycles. The second kappa shape index (κ2) is 5.59. The second-order valence-electron chi connectivity index (χ2n) is 3.75. The minimum Gasteiger partial charge on any atom is -0.397 e. The summed E-state index contributed by atoms with van der Waals surface area (Å²) in [6, 6.07) is 9.10. The zero-order valence-corrected chi connectivity index (χ0v) is 11.9. The van der Waals surface area contributed by atoms with Gasteiger partial charge in [0.2, 0.25) is 0 Å². The number of amides is 1. The van der Waals surface area contributed by atoms with Crippen LogP contribution in [0.1, 0.15) is 10.4 Å². The predicted molar refractivity (Wildman–Crippen MR) is 77.9 cm³/mol. The first-order valence-electron chi connectivity index (χ1n) is 5.30. The summed E-state index contributed by atoms with van der Waals surface area (Å²) in [5.74, 6) is -1.06. The predicted octanol–water partition coefficient (Wildman–Crippen LogP) is 4.08. The van der Waals surface area contributed by atoms with Crippen molar-refractivity contribution in [2.24, 2.45) is 0 Å². The number of hydrogen-bond acceptors (Lipinski definition) is 2. The Hall–Kier alpha value is -1.59. The number of nitrogens with one attached hydrogen (secondary N) is 1. The highest BCUT2D eigenvalue weighted by Gasteiger charge is 2.15. The summed E-state index contributed by atoms with van der Waals surface area (Å²) in [6.07, 6.45) is 0. The third-order valence-corrected chi connectivity index (χ3v) is 3.49. The summed E-state index contributed by atoms with van der Waals surface area (Å²) in [4.78, 5) is 12.1. The van der Waals surface area contributed by atoms with Crippen LogP contribution < -0.4 is 11.1 Å². The Balaban J connectivity index is 2.34. The van der Waals surface area contributed by atoms with Crippen LogP contribution in [-0.2, 0) is 0 Å². The third-order valence-electron chi connectivity index (χ3n) is 2.50. The first-order chi connectivity index (χ1) is 9.00. The quantitative estimate of drug-likeness (QED) is 0.807. The van der Waals surface area contributed by atoms with Crippen molar-refractivity contribution in [3.8, 4) is 0 Å². The molecule has 2 rings (SSSR count). The third kappa shape index (κ3) is 2.88. The van der Waals surface area contributed by atoms with E-state index >= 15 is 0 Å². The van der Waals surface area contributed by atoms with E-state index in [0.29, 0.717) is 4.47 Å². The fourth-order valence-corrected chi connectivity index (χ4v) is 2.15. The van der Waals surface area contributed by atoms with E-state index in [4.69, 9.17) is 17.3 Å². The fraction of sp³-hybridized carbons (Fsp3) is 0. The molecule has 0 unspecified atom stereocenters. The number of halogens is 3. The molecular weight excluding hydrogens is 335 g/mol. The smallest absolute Gasteiger partial charge is 0.257 e. The zero-order chi connectivity index (χ0) is 14.0. The summed E-state index contributed by atoms with van der Waals surface area (Å²) >= 11 is 9.00. The molecule has 0 spiro atoms. The van der Waals surface area contributed by atoms with E-state index in [-0.39, 0.29) is 22.0 Å². The van der Waals surface area contributed by atoms with Crippen molar-refractivity contribution in [2.75, 3.05) is 11.1 Å². The van der Waals surface area contributed by atoms with Gasteiger partial charge in [0.1, 0.15) is 5.82 Å². The Kier molecular flexibility index (Phi) is 4.07. The average Bonchev–Trinajstić information content (AvgIpc) is 2.37. The highest BCUT2D eigenvalue weighted by atomic mass is 79.9. The Labute approximate surface area is 122 Å². The molecule has 0 aliphatic rings. The molecular formula is C13H9BrClFN2O. The molecule has 3 N–H and O–H groups in total. The van der Waals surface area contributed by atoms with Crippen LogP contribution in [0.2, 0.25) is 5.02 Å². The number of rotatable bonds is 2. The number of hydrogen-bond donors (Lipinski definition) is 2. The molecule has 98 valence electrons. The summed E-state index contributed by atoms with van der Waals surface area (Å²) in [5, 5.41) is 2.74. The van der Waals surface area contributed by atoms with Crippen LogP contribution in [0.15, 0.2) is 40.9 Å². The van der Waals surface area contributed by atoms with Gasteiger partial charge in [0.15, 0.2) is 0 Å². The van der Waals surface area contributed by atoms with E-state index < -0.39 is 11.7 Å². The Morgan fingerprint density at radius 2 is 1.95 bits per heavy atom. The van der Waals surface area contributed by atoms with Crippen LogP contribution in [0.4, 0.5) is 15.8 Å². The van der Waals surface area contributed by atoms with Gasteiger partial charge in [-0.2, -0.15) is 0 Å². The van der Waals surface area contributed by atoms with Gasteiger partial charge in [-0.05, 0) is 40.2 Å². The monoisotopic (exact) mass is 342 g/mol. The van der Waals surface area contributed by atoms with E-state index in [1.54, 1.807) is 18.2 Å². The van der Waals surface area contributed by atoms with Gasteiger partial charge >= 0.3 is 0 Å². The molecule has 0 atom stereocenters. The number of para-hydroxylation sites is 2. The van der Waals surface area contributed by atoms with Crippen LogP contribution in [0.3, 0.4) is 0 Å². The number of carbonyl (C=O) groups is 1. The topological polar surface area (TPSA) is 55.1 Å². The Morgan fingerprint density at radius 3 is 2.63 bits per heavy atom. The first kappa shape index (κ1) is 13.8. The van der Waals surface area contributed by atoms with Crippen molar-refractivity contribution in [1.29, 1.82) is 0 Å². The van der Waals surface area contributed by atoms with Crippen LogP contribution in [0.5, 0.6) is 0 Å². The highest BCUT2D eigenvalue weighted by Crippen LogP contribution is 2.27. The Morgan fingerprint density at radius 1 is 1.26 bits per heavy atom. The maximum atomic E-state index is 13.6. The maximum Gasteiger partial charge on any atom is 0.257 e. The van der Waals surface area contributed by atoms with E-state index in [1.165, 1.54) is 18.2 Å². The lowest BCUT2D eigenvalue weighted by molar-refractivity contribution is 0.102. The van der Waals surface area contributed by atoms with Crippen molar-refractivity contribution in [1.82, 2.24) is 0 Å². The molecule has 1 amide bonds. The molecule has 0 fully saturated rings. The van der Waals surface area contributed by atoms with Gasteiger partial charge in [-0.15, -0.1) is 0 Å². The number of nitrogen functional groups attached to an aromatic ring is 1. The van der Waals surface area contributed by atoms with Crippen LogP contribution in [0.25, 0.3) is 0 Å². The summed E-state index contributed by atoms with van der Waals surface area (Å²) in [5.41, 5.74) is 6.14. The van der Waals surface area contributed by atoms with Gasteiger partial charge in [-0.3, -0.25) is 4.79 Å². The number of carbonyl (C=O) groups excluding carboxylic acids is 1. The molecule has 6 heteroatoms. The Bertz CT molecular complexity index is 628. The molecule has 0 saturated heterocycles. The second-order valence-corrected chi connectivity index (χ2v) is 5.01. The van der Waals surface area contributed by atoms with Crippen LogP contribution in [0, 0.1) is 5.82 Å². The molecule has 19 heavy (non-hydrogen) atoms. The lowest BCUT2D eigenvalue weighted by Crippen LogP contribution is -2.15. The average molecular weight is 344 g/mol. The molecule has 0 radical (unpaired) electrons. The minimum atomic E-state index is -0.539. The van der Waals surface area contributed by atoms with Crippen LogP contribution >= 0.6 is 27.5 Å². The van der Waals surface area contributed by atoms with Gasteiger partial charge in [-0.25, -0.2) is 4.39 Å². The first-order valence-corrected chi connectivity index (χ1v) is 6.47. The van der Waals surface area contributed by atoms with Gasteiger partial charge < -0.3 is 11.1 Å². The van der Waals surface area contributed by atoms with Gasteiger partial charge in [0, 0.05) is 4.47 Å². The van der Waals surface area contributed by atoms with E-state index in [1.807, 2.05) is 0 Å². The van der Waals surface area contributed by atoms with E-state index in [9.17, 15) is 9.18 Å². The zero-order valence-electron chi connectivity index (χ0n) is 9.58. The molecule has 2 aromatic carbocycles. The molecule has 0 bridgehead atoms. The van der Waals surface area contributed by atoms with Crippen molar-refractivity contribution in [3.63, 3.8) is 0 Å². The van der Waals surface area contributed by atoms with E-state index in [0.717, 1.165) is 0 Å².